The van der Waals surface area contributed by atoms with E-state index in [0.717, 1.165) is 6.54 Å². The van der Waals surface area contributed by atoms with Crippen molar-refractivity contribution < 1.29 is 4.79 Å². The van der Waals surface area contributed by atoms with E-state index in [4.69, 9.17) is 0 Å². The molecule has 1 aliphatic rings. The summed E-state index contributed by atoms with van der Waals surface area (Å²) in [4.78, 5) is 11.3. The fourth-order valence-electron chi connectivity index (χ4n) is 1.54. The van der Waals surface area contributed by atoms with Crippen LogP contribution in [0.4, 0.5) is 0 Å². The summed E-state index contributed by atoms with van der Waals surface area (Å²) in [7, 11) is 1.95. The van der Waals surface area contributed by atoms with Gasteiger partial charge in [-0.05, 0) is 20.8 Å². The normalized spacial score (nSPS) is 18.6. The van der Waals surface area contributed by atoms with Crippen molar-refractivity contribution in [3.8, 4) is 0 Å². The molecule has 0 spiro atoms. The fraction of sp³-hybridized carbons (Fsp3) is 0.900. The van der Waals surface area contributed by atoms with Crippen molar-refractivity contribution in [3.63, 3.8) is 0 Å². The molecule has 0 atom stereocenters. The predicted molar refractivity (Wildman–Crippen MR) is 55.2 cm³/mol. The zero-order valence-corrected chi connectivity index (χ0v) is 9.72. The Bertz CT molecular complexity index is 172. The minimum atomic E-state index is -0.0671. The number of hydrogen-bond donors (Lipinski definition) is 0. The molecule has 0 aromatic rings. The van der Waals surface area contributed by atoms with E-state index in [1.165, 1.54) is 0 Å². The van der Waals surface area contributed by atoms with Gasteiger partial charge >= 0.3 is 0 Å². The maximum absolute atomic E-state index is 11.3. The maximum Gasteiger partial charge on any atom is 0.238 e. The molecule has 3 heteroatoms. The van der Waals surface area contributed by atoms with E-state index < -0.39 is 0 Å². The van der Waals surface area contributed by atoms with Crippen LogP contribution in [0.2, 0.25) is 0 Å². The first-order chi connectivity index (χ1) is 5.93. The third kappa shape index (κ3) is 2.99. The molecule has 0 unspecified atom stereocenters. The van der Waals surface area contributed by atoms with Crippen molar-refractivity contribution in [2.24, 2.45) is 0 Å². The second-order valence-electron chi connectivity index (χ2n) is 4.01. The van der Waals surface area contributed by atoms with E-state index in [9.17, 15) is 4.79 Å². The van der Waals surface area contributed by atoms with Gasteiger partial charge in [0.2, 0.25) is 5.91 Å². The molecule has 0 aromatic heterocycles. The van der Waals surface area contributed by atoms with Gasteiger partial charge in [0.05, 0.1) is 5.54 Å². The smallest absolute Gasteiger partial charge is 0.238 e. The second kappa shape index (κ2) is 4.61. The summed E-state index contributed by atoms with van der Waals surface area (Å²) < 4.78 is 0. The highest BCUT2D eigenvalue weighted by atomic mass is 16.2. The molecular formula is C10H22N2O. The Kier molecular flexibility index (Phi) is 4.40. The zero-order chi connectivity index (χ0) is 10.6. The van der Waals surface area contributed by atoms with Gasteiger partial charge in [-0.3, -0.25) is 9.80 Å². The number of carbonyl (C=O) groups is 1. The third-order valence-corrected chi connectivity index (χ3v) is 1.86. The third-order valence-electron chi connectivity index (χ3n) is 1.86. The number of rotatable bonds is 0. The second-order valence-corrected chi connectivity index (χ2v) is 4.01. The van der Waals surface area contributed by atoms with Crippen LogP contribution in [0, 0.1) is 0 Å². The number of amides is 1. The van der Waals surface area contributed by atoms with Crippen molar-refractivity contribution in [1.29, 1.82) is 0 Å². The number of nitrogens with zero attached hydrogens (tertiary/aromatic N) is 2. The summed E-state index contributed by atoms with van der Waals surface area (Å²) in [5.41, 5.74) is -0.0671. The highest BCUT2D eigenvalue weighted by Gasteiger charge is 2.34. The molecular weight excluding hydrogens is 164 g/mol. The lowest BCUT2D eigenvalue weighted by Crippen LogP contribution is -2.49. The van der Waals surface area contributed by atoms with Crippen molar-refractivity contribution in [1.82, 2.24) is 10.0 Å². The summed E-state index contributed by atoms with van der Waals surface area (Å²) >= 11 is 0. The molecule has 3 nitrogen and oxygen atoms in total. The van der Waals surface area contributed by atoms with Crippen LogP contribution in [0.25, 0.3) is 0 Å². The van der Waals surface area contributed by atoms with Gasteiger partial charge in [0, 0.05) is 20.0 Å². The van der Waals surface area contributed by atoms with Crippen LogP contribution in [0.5, 0.6) is 0 Å². The van der Waals surface area contributed by atoms with E-state index in [0.29, 0.717) is 6.42 Å². The molecule has 1 saturated heterocycles. The van der Waals surface area contributed by atoms with Crippen molar-refractivity contribution in [3.05, 3.63) is 0 Å². The van der Waals surface area contributed by atoms with Gasteiger partial charge in [-0.15, -0.1) is 0 Å². The first-order valence-electron chi connectivity index (χ1n) is 4.97. The Morgan fingerprint density at radius 2 is 1.69 bits per heavy atom. The quantitative estimate of drug-likeness (QED) is 0.577. The molecule has 0 saturated carbocycles. The number of hydrogen-bond acceptors (Lipinski definition) is 2. The Balaban J connectivity index is 0.000000671. The van der Waals surface area contributed by atoms with Crippen molar-refractivity contribution >= 4 is 5.91 Å². The van der Waals surface area contributed by atoms with Gasteiger partial charge in [0.15, 0.2) is 0 Å². The lowest BCUT2D eigenvalue weighted by Gasteiger charge is -2.36. The zero-order valence-electron chi connectivity index (χ0n) is 9.72. The van der Waals surface area contributed by atoms with Crippen LogP contribution in [-0.2, 0) is 4.79 Å². The van der Waals surface area contributed by atoms with Crippen LogP contribution < -0.4 is 0 Å². The fourth-order valence-corrected chi connectivity index (χ4v) is 1.54. The number of carbonyl (C=O) groups excluding carboxylic acids is 1. The van der Waals surface area contributed by atoms with Gasteiger partial charge in [-0.2, -0.15) is 0 Å². The van der Waals surface area contributed by atoms with Gasteiger partial charge in [0.25, 0.3) is 0 Å². The van der Waals surface area contributed by atoms with Crippen molar-refractivity contribution in [2.75, 3.05) is 13.6 Å². The molecule has 13 heavy (non-hydrogen) atoms. The summed E-state index contributed by atoms with van der Waals surface area (Å²) in [5, 5.41) is 3.81. The van der Waals surface area contributed by atoms with Gasteiger partial charge < -0.3 is 0 Å². The first-order valence-corrected chi connectivity index (χ1v) is 4.97. The van der Waals surface area contributed by atoms with Crippen LogP contribution in [0.15, 0.2) is 0 Å². The van der Waals surface area contributed by atoms with Gasteiger partial charge in [0.1, 0.15) is 0 Å². The SMILES string of the molecule is CC.CN1CCC(=O)N1C(C)(C)C. The van der Waals surface area contributed by atoms with Crippen LogP contribution in [-0.4, -0.2) is 35.1 Å². The largest absolute Gasteiger partial charge is 0.273 e. The summed E-state index contributed by atoms with van der Waals surface area (Å²) in [6.45, 7) is 11.0. The molecule has 1 rings (SSSR count). The molecule has 0 aromatic carbocycles. The van der Waals surface area contributed by atoms with E-state index >= 15 is 0 Å². The average molecular weight is 186 g/mol. The van der Waals surface area contributed by atoms with Crippen LogP contribution >= 0.6 is 0 Å². The lowest BCUT2D eigenvalue weighted by molar-refractivity contribution is -0.145. The molecule has 0 N–H and O–H groups in total. The molecule has 1 amide bonds. The van der Waals surface area contributed by atoms with E-state index in [-0.39, 0.29) is 11.4 Å². The standard InChI is InChI=1S/C8H16N2O.C2H6/c1-8(2,3)10-7(11)5-6-9(10)4;1-2/h5-6H2,1-4H3;1-2H3. The van der Waals surface area contributed by atoms with Crippen molar-refractivity contribution in [2.45, 2.75) is 46.6 Å². The van der Waals surface area contributed by atoms with Gasteiger partial charge in [-0.25, -0.2) is 5.01 Å². The molecule has 1 fully saturated rings. The topological polar surface area (TPSA) is 23.6 Å². The van der Waals surface area contributed by atoms with E-state index in [2.05, 4.69) is 0 Å². The monoisotopic (exact) mass is 186 g/mol. The van der Waals surface area contributed by atoms with Crippen LogP contribution in [0.3, 0.4) is 0 Å². The first kappa shape index (κ1) is 12.4. The summed E-state index contributed by atoms with van der Waals surface area (Å²) in [5.74, 6) is 0.236. The summed E-state index contributed by atoms with van der Waals surface area (Å²) in [6.07, 6.45) is 0.660. The highest BCUT2D eigenvalue weighted by molar-refractivity contribution is 5.78. The van der Waals surface area contributed by atoms with E-state index in [1.807, 2.05) is 51.7 Å². The summed E-state index contributed by atoms with van der Waals surface area (Å²) in [6, 6.07) is 0. The lowest BCUT2D eigenvalue weighted by atomic mass is 10.1. The number of hydrazine groups is 1. The molecule has 0 bridgehead atoms. The minimum absolute atomic E-state index is 0.0671. The Morgan fingerprint density at radius 1 is 1.23 bits per heavy atom. The molecule has 1 aliphatic heterocycles. The Hall–Kier alpha value is -0.570. The molecule has 78 valence electrons. The Morgan fingerprint density at radius 3 is 1.85 bits per heavy atom. The molecule has 0 radical (unpaired) electrons. The predicted octanol–water partition coefficient (Wildman–Crippen LogP) is 1.89. The van der Waals surface area contributed by atoms with E-state index in [1.54, 1.807) is 0 Å². The molecule has 0 aliphatic carbocycles. The van der Waals surface area contributed by atoms with Gasteiger partial charge in [-0.1, -0.05) is 13.8 Å². The Labute approximate surface area is 81.7 Å². The maximum atomic E-state index is 11.3. The highest BCUT2D eigenvalue weighted by Crippen LogP contribution is 2.21. The molecule has 1 heterocycles. The minimum Gasteiger partial charge on any atom is -0.273 e. The van der Waals surface area contributed by atoms with Crippen LogP contribution in [0.1, 0.15) is 41.0 Å². The average Bonchev–Trinajstić information content (AvgIpc) is 2.33.